The van der Waals surface area contributed by atoms with E-state index in [-0.39, 0.29) is 24.4 Å². The lowest BCUT2D eigenvalue weighted by Crippen LogP contribution is -2.21. The number of hydrogen-bond donors (Lipinski definition) is 2. The maximum absolute atomic E-state index is 12.5. The first kappa shape index (κ1) is 21.5. The number of carbonyl (C=O) groups excluding carboxylic acids is 1. The molecule has 0 aliphatic carbocycles. The number of aromatic nitrogens is 4. The molecule has 0 bridgehead atoms. The van der Waals surface area contributed by atoms with Crippen LogP contribution in [0.15, 0.2) is 43.0 Å². The van der Waals surface area contributed by atoms with Crippen LogP contribution in [0.1, 0.15) is 23.0 Å². The second-order valence-corrected chi connectivity index (χ2v) is 8.99. The molecule has 0 saturated carbocycles. The van der Waals surface area contributed by atoms with E-state index >= 15 is 0 Å². The van der Waals surface area contributed by atoms with Crippen molar-refractivity contribution in [1.29, 1.82) is 0 Å². The number of imidazole rings is 1. The molecule has 2 unspecified atom stereocenters. The Hall–Kier alpha value is -2.69. The van der Waals surface area contributed by atoms with Gasteiger partial charge in [-0.05, 0) is 12.1 Å². The van der Waals surface area contributed by atoms with Crippen LogP contribution >= 0.6 is 7.60 Å². The molecule has 1 fully saturated rings. The summed E-state index contributed by atoms with van der Waals surface area (Å²) < 4.78 is 29.6. The van der Waals surface area contributed by atoms with Gasteiger partial charge in [0, 0.05) is 25.8 Å². The third-order valence-corrected chi connectivity index (χ3v) is 5.48. The Morgan fingerprint density at radius 3 is 2.81 bits per heavy atom. The minimum absolute atomic E-state index is 0.0410. The van der Waals surface area contributed by atoms with E-state index in [1.165, 1.54) is 12.7 Å². The van der Waals surface area contributed by atoms with E-state index in [0.29, 0.717) is 23.1 Å². The van der Waals surface area contributed by atoms with Crippen molar-refractivity contribution in [3.63, 3.8) is 0 Å². The fraction of sp³-hybridized carbons (Fsp3) is 0.368. The number of nitrogens with zero attached hydrogens (tertiary/aromatic N) is 4. The number of ether oxygens (including phenoxy) is 2. The predicted octanol–water partition coefficient (Wildman–Crippen LogP) is 2.21. The number of nitrogens with one attached hydrogen (secondary N) is 1. The van der Waals surface area contributed by atoms with Gasteiger partial charge in [-0.25, -0.2) is 15.0 Å². The summed E-state index contributed by atoms with van der Waals surface area (Å²) in [4.78, 5) is 34.7. The first-order chi connectivity index (χ1) is 14.9. The molecule has 1 aliphatic heterocycles. The second kappa shape index (κ2) is 8.81. The van der Waals surface area contributed by atoms with Crippen molar-refractivity contribution in [3.05, 3.63) is 48.5 Å². The van der Waals surface area contributed by atoms with E-state index in [4.69, 9.17) is 14.0 Å². The van der Waals surface area contributed by atoms with Crippen LogP contribution in [0, 0.1) is 0 Å². The Labute approximate surface area is 177 Å². The molecule has 11 nitrogen and oxygen atoms in total. The zero-order chi connectivity index (χ0) is 22.0. The van der Waals surface area contributed by atoms with Gasteiger partial charge in [-0.3, -0.25) is 13.9 Å². The SMILES string of the molecule is COC1C[C@@H](COP(C)(=O)O)O[C@H]1n1cnc2c(NC(=O)c3ccccc3)ncnc21. The highest BCUT2D eigenvalue weighted by Gasteiger charge is 2.38. The largest absolute Gasteiger partial charge is 0.377 e. The van der Waals surface area contributed by atoms with Gasteiger partial charge in [0.15, 0.2) is 23.2 Å². The minimum Gasteiger partial charge on any atom is -0.377 e. The maximum Gasteiger partial charge on any atom is 0.325 e. The van der Waals surface area contributed by atoms with Crippen molar-refractivity contribution < 1.29 is 28.3 Å². The molecule has 12 heteroatoms. The number of benzene rings is 1. The van der Waals surface area contributed by atoms with Gasteiger partial charge in [-0.1, -0.05) is 18.2 Å². The Balaban J connectivity index is 1.57. The monoisotopic (exact) mass is 447 g/mol. The molecular weight excluding hydrogens is 425 g/mol. The fourth-order valence-electron chi connectivity index (χ4n) is 3.40. The van der Waals surface area contributed by atoms with E-state index in [0.717, 1.165) is 6.66 Å². The molecule has 4 atom stereocenters. The summed E-state index contributed by atoms with van der Waals surface area (Å²) in [6.07, 6.45) is 1.96. The van der Waals surface area contributed by atoms with Crippen LogP contribution < -0.4 is 5.32 Å². The maximum atomic E-state index is 12.5. The van der Waals surface area contributed by atoms with Gasteiger partial charge in [0.05, 0.1) is 19.0 Å². The van der Waals surface area contributed by atoms with Gasteiger partial charge in [0.2, 0.25) is 0 Å². The Morgan fingerprint density at radius 2 is 2.10 bits per heavy atom. The zero-order valence-corrected chi connectivity index (χ0v) is 17.8. The summed E-state index contributed by atoms with van der Waals surface area (Å²) in [5, 5.41) is 2.76. The Bertz CT molecular complexity index is 1120. The number of rotatable bonds is 7. The molecule has 2 aromatic heterocycles. The molecule has 0 radical (unpaired) electrons. The molecule has 1 amide bonds. The van der Waals surface area contributed by atoms with E-state index < -0.39 is 19.9 Å². The number of carbonyl (C=O) groups is 1. The minimum atomic E-state index is -3.61. The molecule has 164 valence electrons. The van der Waals surface area contributed by atoms with Crippen LogP contribution in [0.3, 0.4) is 0 Å². The van der Waals surface area contributed by atoms with E-state index in [1.54, 1.807) is 35.9 Å². The molecule has 1 aliphatic rings. The number of anilines is 1. The van der Waals surface area contributed by atoms with Crippen LogP contribution in [0.2, 0.25) is 0 Å². The lowest BCUT2D eigenvalue weighted by atomic mass is 10.2. The standard InChI is InChI=1S/C19H22N5O6P/c1-28-14-8-13(9-29-31(2,26)27)30-19(14)24-11-22-15-16(20-10-21-17(15)24)23-18(25)12-6-4-3-5-7-12/h3-7,10-11,13-14,19H,8-9H2,1-2H3,(H,26,27)(H,20,21,23,25)/t13-,14?,19+/m0/s1. The average Bonchev–Trinajstić information content (AvgIpc) is 3.36. The normalized spacial score (nSPS) is 23.0. The van der Waals surface area contributed by atoms with Crippen molar-refractivity contribution in [1.82, 2.24) is 19.5 Å². The molecule has 1 aromatic carbocycles. The molecule has 3 heterocycles. The molecule has 0 spiro atoms. The highest BCUT2D eigenvalue weighted by molar-refractivity contribution is 7.51. The van der Waals surface area contributed by atoms with Gasteiger partial charge in [-0.2, -0.15) is 0 Å². The lowest BCUT2D eigenvalue weighted by Gasteiger charge is -2.19. The van der Waals surface area contributed by atoms with Gasteiger partial charge < -0.3 is 24.2 Å². The van der Waals surface area contributed by atoms with E-state index in [9.17, 15) is 14.3 Å². The summed E-state index contributed by atoms with van der Waals surface area (Å²) in [6, 6.07) is 8.77. The summed E-state index contributed by atoms with van der Waals surface area (Å²) >= 11 is 0. The quantitative estimate of drug-likeness (QED) is 0.522. The van der Waals surface area contributed by atoms with Crippen LogP contribution in [0.25, 0.3) is 11.2 Å². The summed E-state index contributed by atoms with van der Waals surface area (Å²) in [6.45, 7) is 1.08. The average molecular weight is 447 g/mol. The van der Waals surface area contributed by atoms with Gasteiger partial charge in [-0.15, -0.1) is 0 Å². The molecule has 2 N–H and O–H groups in total. The van der Waals surface area contributed by atoms with Crippen molar-refractivity contribution >= 4 is 30.5 Å². The number of amides is 1. The molecule has 3 aromatic rings. The van der Waals surface area contributed by atoms with E-state index in [1.807, 2.05) is 6.07 Å². The number of fused-ring (bicyclic) bond motifs is 1. The first-order valence-corrected chi connectivity index (χ1v) is 11.5. The molecule has 4 rings (SSSR count). The highest BCUT2D eigenvalue weighted by Crippen LogP contribution is 2.39. The summed E-state index contributed by atoms with van der Waals surface area (Å²) in [5.41, 5.74) is 1.35. The van der Waals surface area contributed by atoms with Crippen LogP contribution in [0.4, 0.5) is 5.82 Å². The predicted molar refractivity (Wildman–Crippen MR) is 111 cm³/mol. The number of hydrogen-bond acceptors (Lipinski definition) is 8. The topological polar surface area (TPSA) is 138 Å². The summed E-state index contributed by atoms with van der Waals surface area (Å²) in [5.74, 6) is -0.0381. The van der Waals surface area contributed by atoms with Crippen molar-refractivity contribution in [2.75, 3.05) is 25.7 Å². The highest BCUT2D eigenvalue weighted by atomic mass is 31.2. The van der Waals surface area contributed by atoms with Crippen molar-refractivity contribution in [2.24, 2.45) is 0 Å². The second-order valence-electron chi connectivity index (χ2n) is 7.12. The summed E-state index contributed by atoms with van der Waals surface area (Å²) in [7, 11) is -2.06. The van der Waals surface area contributed by atoms with E-state index in [2.05, 4.69) is 20.3 Å². The first-order valence-electron chi connectivity index (χ1n) is 9.52. The smallest absolute Gasteiger partial charge is 0.325 e. The lowest BCUT2D eigenvalue weighted by molar-refractivity contribution is -0.0565. The Kier molecular flexibility index (Phi) is 6.12. The van der Waals surface area contributed by atoms with Crippen molar-refractivity contribution in [2.45, 2.75) is 24.9 Å². The molecule has 31 heavy (non-hydrogen) atoms. The van der Waals surface area contributed by atoms with Crippen molar-refractivity contribution in [3.8, 4) is 0 Å². The van der Waals surface area contributed by atoms with Crippen LogP contribution in [-0.2, 0) is 18.6 Å². The van der Waals surface area contributed by atoms with Crippen LogP contribution in [-0.4, -0.2) is 62.9 Å². The molecule has 1 saturated heterocycles. The molecular formula is C19H22N5O6P. The number of methoxy groups -OCH3 is 1. The third-order valence-electron chi connectivity index (χ3n) is 4.85. The van der Waals surface area contributed by atoms with Gasteiger partial charge in [0.25, 0.3) is 5.91 Å². The van der Waals surface area contributed by atoms with Gasteiger partial charge >= 0.3 is 7.60 Å². The van der Waals surface area contributed by atoms with Crippen LogP contribution in [0.5, 0.6) is 0 Å². The third kappa shape index (κ3) is 4.81. The Morgan fingerprint density at radius 1 is 1.32 bits per heavy atom. The fourth-order valence-corrected chi connectivity index (χ4v) is 3.84. The zero-order valence-electron chi connectivity index (χ0n) is 16.9. The van der Waals surface area contributed by atoms with Gasteiger partial charge in [0.1, 0.15) is 12.4 Å².